The molecule has 31 heavy (non-hydrogen) atoms. The molecule has 6 heteroatoms. The highest BCUT2D eigenvalue weighted by molar-refractivity contribution is 7.16. The Morgan fingerprint density at radius 3 is 2.48 bits per heavy atom. The molecular weight excluding hydrogens is 409 g/mol. The lowest BCUT2D eigenvalue weighted by atomic mass is 9.99. The maximum Gasteiger partial charge on any atom is 0.256 e. The Morgan fingerprint density at radius 1 is 0.968 bits per heavy atom. The predicted octanol–water partition coefficient (Wildman–Crippen LogP) is 6.35. The van der Waals surface area contributed by atoms with Crippen LogP contribution in [0.5, 0.6) is 0 Å². The van der Waals surface area contributed by atoms with Gasteiger partial charge in [0.15, 0.2) is 0 Å². The summed E-state index contributed by atoms with van der Waals surface area (Å²) in [7, 11) is 0. The van der Waals surface area contributed by atoms with E-state index in [1.165, 1.54) is 23.5 Å². The zero-order valence-electron chi connectivity index (χ0n) is 17.2. The van der Waals surface area contributed by atoms with E-state index < -0.39 is 0 Å². The molecule has 0 fully saturated rings. The number of thiophene rings is 1. The number of hydrogen-bond donors (Lipinski definition) is 2. The zero-order valence-corrected chi connectivity index (χ0v) is 18.0. The largest absolute Gasteiger partial charge is 0.359 e. The number of nitrogens with one attached hydrogen (secondary N) is 2. The first-order chi connectivity index (χ1) is 15.0. The lowest BCUT2D eigenvalue weighted by molar-refractivity contribution is 0.102. The number of anilines is 2. The average Bonchev–Trinajstić information content (AvgIpc) is 3.12. The molecule has 2 heterocycles. The molecule has 1 amide bonds. The summed E-state index contributed by atoms with van der Waals surface area (Å²) in [5.41, 5.74) is 3.06. The molecule has 0 aliphatic carbocycles. The second-order valence-electron chi connectivity index (χ2n) is 7.26. The minimum absolute atomic E-state index is 0.185. The first-order valence-electron chi connectivity index (χ1n) is 9.92. The summed E-state index contributed by atoms with van der Waals surface area (Å²) in [5, 5.41) is 7.18. The lowest BCUT2D eigenvalue weighted by Gasteiger charge is -2.21. The van der Waals surface area contributed by atoms with Crippen LogP contribution in [-0.2, 0) is 0 Å². The van der Waals surface area contributed by atoms with Crippen LogP contribution in [-0.4, -0.2) is 10.9 Å². The van der Waals surface area contributed by atoms with Gasteiger partial charge in [-0.15, -0.1) is 11.3 Å². The smallest absolute Gasteiger partial charge is 0.256 e. The van der Waals surface area contributed by atoms with Gasteiger partial charge in [0.25, 0.3) is 5.91 Å². The van der Waals surface area contributed by atoms with Gasteiger partial charge in [0.1, 0.15) is 16.6 Å². The van der Waals surface area contributed by atoms with Gasteiger partial charge in [0.05, 0.1) is 6.04 Å². The van der Waals surface area contributed by atoms with E-state index in [-0.39, 0.29) is 17.8 Å². The molecule has 156 valence electrons. The second kappa shape index (κ2) is 9.10. The van der Waals surface area contributed by atoms with Gasteiger partial charge in [-0.2, -0.15) is 0 Å². The number of carbonyl (C=O) groups is 1. The number of aromatic nitrogens is 1. The summed E-state index contributed by atoms with van der Waals surface area (Å²) < 4.78 is 14.1. The van der Waals surface area contributed by atoms with Crippen LogP contribution in [0.4, 0.5) is 15.2 Å². The topological polar surface area (TPSA) is 54.0 Å². The highest BCUT2D eigenvalue weighted by atomic mass is 32.1. The Kier molecular flexibility index (Phi) is 6.09. The zero-order chi connectivity index (χ0) is 21.8. The predicted molar refractivity (Wildman–Crippen MR) is 124 cm³/mol. The normalized spacial score (nSPS) is 11.7. The average molecular weight is 432 g/mol. The molecule has 4 rings (SSSR count). The van der Waals surface area contributed by atoms with E-state index in [1.54, 1.807) is 18.2 Å². The van der Waals surface area contributed by atoms with Crippen molar-refractivity contribution in [2.24, 2.45) is 0 Å². The Balaban J connectivity index is 1.73. The van der Waals surface area contributed by atoms with Crippen LogP contribution in [0, 0.1) is 19.7 Å². The number of benzene rings is 2. The van der Waals surface area contributed by atoms with Crippen LogP contribution in [0.2, 0.25) is 0 Å². The van der Waals surface area contributed by atoms with Gasteiger partial charge in [0.2, 0.25) is 0 Å². The lowest BCUT2D eigenvalue weighted by Crippen LogP contribution is -2.17. The van der Waals surface area contributed by atoms with Gasteiger partial charge >= 0.3 is 0 Å². The first-order valence-corrected chi connectivity index (χ1v) is 10.7. The van der Waals surface area contributed by atoms with Crippen molar-refractivity contribution in [1.29, 1.82) is 0 Å². The van der Waals surface area contributed by atoms with Gasteiger partial charge < -0.3 is 10.6 Å². The molecule has 0 bridgehead atoms. The third-order valence-corrected chi connectivity index (χ3v) is 5.80. The molecule has 0 aliphatic heterocycles. The molecule has 0 saturated heterocycles. The minimum Gasteiger partial charge on any atom is -0.359 e. The van der Waals surface area contributed by atoms with Crippen LogP contribution < -0.4 is 10.6 Å². The molecule has 0 radical (unpaired) electrons. The van der Waals surface area contributed by atoms with Crippen molar-refractivity contribution in [3.8, 4) is 0 Å². The molecule has 1 atom stereocenters. The number of halogens is 1. The number of carbonyl (C=O) groups excluding carboxylic acids is 1. The number of aryl methyl sites for hydroxylation is 2. The van der Waals surface area contributed by atoms with E-state index in [0.717, 1.165) is 26.7 Å². The van der Waals surface area contributed by atoms with Crippen molar-refractivity contribution in [2.75, 3.05) is 10.6 Å². The molecular formula is C25H22FN3OS. The van der Waals surface area contributed by atoms with E-state index in [9.17, 15) is 9.18 Å². The van der Waals surface area contributed by atoms with Crippen LogP contribution in [0.25, 0.3) is 0 Å². The molecule has 4 nitrogen and oxygen atoms in total. The number of pyridine rings is 1. The van der Waals surface area contributed by atoms with E-state index >= 15 is 0 Å². The van der Waals surface area contributed by atoms with Crippen molar-refractivity contribution in [3.63, 3.8) is 0 Å². The molecule has 0 saturated carbocycles. The fraction of sp³-hybridized carbons (Fsp3) is 0.120. The van der Waals surface area contributed by atoms with Gasteiger partial charge in [-0.1, -0.05) is 36.4 Å². The van der Waals surface area contributed by atoms with Crippen molar-refractivity contribution in [2.45, 2.75) is 19.9 Å². The van der Waals surface area contributed by atoms with E-state index in [0.29, 0.717) is 11.4 Å². The van der Waals surface area contributed by atoms with Crippen LogP contribution in [0.15, 0.2) is 78.9 Å². The number of nitrogens with zero attached hydrogens (tertiary/aromatic N) is 1. The van der Waals surface area contributed by atoms with Gasteiger partial charge in [-0.3, -0.25) is 4.79 Å². The van der Waals surface area contributed by atoms with Crippen LogP contribution in [0.1, 0.15) is 38.1 Å². The maximum absolute atomic E-state index is 14.1. The Labute approximate surface area is 184 Å². The number of amides is 1. The van der Waals surface area contributed by atoms with Crippen molar-refractivity contribution in [3.05, 3.63) is 112 Å². The summed E-state index contributed by atoms with van der Waals surface area (Å²) in [5.74, 6) is 0.178. The summed E-state index contributed by atoms with van der Waals surface area (Å²) in [6.45, 7) is 3.91. The summed E-state index contributed by atoms with van der Waals surface area (Å²) in [4.78, 5) is 18.4. The summed E-state index contributed by atoms with van der Waals surface area (Å²) in [6.07, 6.45) is 0. The van der Waals surface area contributed by atoms with E-state index in [1.807, 2.05) is 62.4 Å². The Morgan fingerprint density at radius 2 is 1.74 bits per heavy atom. The SMILES string of the molecule is Cc1cccc(N[C@H](c2cccc(F)c2)c2cc(C)sc2NC(=O)c2ccccc2)n1. The standard InChI is InChI=1S/C25H22FN3OS/c1-16-8-6-13-22(27-16)28-23(19-11-7-12-20(26)15-19)21-14-17(2)31-25(21)29-24(30)18-9-4-3-5-10-18/h3-15,23H,1-2H3,(H,27,28)(H,29,30)/t23-/m1/s1. The van der Waals surface area contributed by atoms with Gasteiger partial charge in [-0.25, -0.2) is 9.37 Å². The summed E-state index contributed by atoms with van der Waals surface area (Å²) in [6, 6.07) is 22.9. The molecule has 2 aromatic heterocycles. The minimum atomic E-state index is -0.388. The third-order valence-electron chi connectivity index (χ3n) is 4.82. The second-order valence-corrected chi connectivity index (χ2v) is 8.51. The molecule has 0 unspecified atom stereocenters. The molecule has 0 aliphatic rings. The number of rotatable bonds is 6. The monoisotopic (exact) mass is 431 g/mol. The fourth-order valence-corrected chi connectivity index (χ4v) is 4.36. The maximum atomic E-state index is 14.1. The van der Waals surface area contributed by atoms with Gasteiger partial charge in [0, 0.05) is 21.7 Å². The summed E-state index contributed by atoms with van der Waals surface area (Å²) >= 11 is 1.49. The van der Waals surface area contributed by atoms with Crippen LogP contribution >= 0.6 is 11.3 Å². The van der Waals surface area contributed by atoms with E-state index in [4.69, 9.17) is 0 Å². The quantitative estimate of drug-likeness (QED) is 0.374. The Bertz CT molecular complexity index is 1210. The number of hydrogen-bond acceptors (Lipinski definition) is 4. The van der Waals surface area contributed by atoms with Crippen molar-refractivity contribution in [1.82, 2.24) is 4.98 Å². The molecule has 2 aromatic carbocycles. The van der Waals surface area contributed by atoms with E-state index in [2.05, 4.69) is 15.6 Å². The molecule has 0 spiro atoms. The highest BCUT2D eigenvalue weighted by Gasteiger charge is 2.22. The van der Waals surface area contributed by atoms with Crippen molar-refractivity contribution >= 4 is 28.1 Å². The fourth-order valence-electron chi connectivity index (χ4n) is 3.41. The Hall–Kier alpha value is -3.51. The molecule has 4 aromatic rings. The van der Waals surface area contributed by atoms with Gasteiger partial charge in [-0.05, 0) is 61.9 Å². The third kappa shape index (κ3) is 4.98. The first kappa shape index (κ1) is 20.8. The van der Waals surface area contributed by atoms with Crippen LogP contribution in [0.3, 0.4) is 0 Å². The molecule has 2 N–H and O–H groups in total. The highest BCUT2D eigenvalue weighted by Crippen LogP contribution is 2.37. The van der Waals surface area contributed by atoms with Crippen molar-refractivity contribution < 1.29 is 9.18 Å².